The van der Waals surface area contributed by atoms with Crippen LogP contribution in [0.2, 0.25) is 0 Å². The highest BCUT2D eigenvalue weighted by atomic mass is 32.3. The Labute approximate surface area is 161 Å². The van der Waals surface area contributed by atoms with Crippen LogP contribution in [0.3, 0.4) is 0 Å². The van der Waals surface area contributed by atoms with Gasteiger partial charge < -0.3 is 9.64 Å². The maximum Gasteiger partial charge on any atom is 0.230 e. The molecular weight excluding hydrogens is 342 g/mol. The first kappa shape index (κ1) is 21.1. The molecule has 1 unspecified atom stereocenters. The minimum Gasteiger partial charge on any atom is -0.493 e. The van der Waals surface area contributed by atoms with Gasteiger partial charge in [-0.15, -0.1) is 0 Å². The highest BCUT2D eigenvalue weighted by Gasteiger charge is 2.26. The predicted molar refractivity (Wildman–Crippen MR) is 115 cm³/mol. The average molecular weight is 380 g/mol. The van der Waals surface area contributed by atoms with Crippen LogP contribution < -0.4 is 4.74 Å². The number of ether oxygens (including phenoxy) is 1. The van der Waals surface area contributed by atoms with E-state index in [1.807, 2.05) is 12.1 Å². The lowest BCUT2D eigenvalue weighted by atomic mass is 9.91. The molecule has 1 aliphatic heterocycles. The normalized spacial score (nSPS) is 17.0. The van der Waals surface area contributed by atoms with Gasteiger partial charge in [-0.25, -0.2) is 10.0 Å². The van der Waals surface area contributed by atoms with E-state index in [-0.39, 0.29) is 5.92 Å². The van der Waals surface area contributed by atoms with Crippen LogP contribution >= 0.6 is 10.0 Å². The number of hydrogen-bond donors (Lipinski definition) is 0. The molecule has 0 aliphatic carbocycles. The number of likely N-dealkylation sites (tertiary alicyclic amines) is 1. The largest absolute Gasteiger partial charge is 0.493 e. The van der Waals surface area contributed by atoms with E-state index >= 15 is 0 Å². The number of benzene rings is 1. The molecule has 1 saturated heterocycles. The molecule has 0 bridgehead atoms. The number of carbonyl (C=O) groups is 1. The first-order valence-electron chi connectivity index (χ1n) is 10.1. The van der Waals surface area contributed by atoms with E-state index in [1.54, 1.807) is 0 Å². The third-order valence-electron chi connectivity index (χ3n) is 5.06. The Morgan fingerprint density at radius 1 is 1.12 bits per heavy atom. The molecule has 2 rings (SSSR count). The Morgan fingerprint density at radius 3 is 2.35 bits per heavy atom. The fourth-order valence-corrected chi connectivity index (χ4v) is 3.96. The highest BCUT2D eigenvalue weighted by molar-refractivity contribution is 8.32. The van der Waals surface area contributed by atoms with Gasteiger partial charge in [-0.2, -0.15) is 0 Å². The van der Waals surface area contributed by atoms with E-state index in [0.717, 1.165) is 68.9 Å². The van der Waals surface area contributed by atoms with Gasteiger partial charge in [-0.3, -0.25) is 4.79 Å². The van der Waals surface area contributed by atoms with E-state index in [1.165, 1.54) is 6.42 Å². The standard InChI is InChI=1S/C22H37NO2S/c1-5-6-10-21(22(24)23-15-8-7-9-16-23)19-11-13-20(14-12-19)25-17-18-26(2,3)4/h11-14,21H,5-10,15-18H2,1-4H3. The Balaban J connectivity index is 2.01. The number of carbonyl (C=O) groups excluding carboxylic acids is 1. The summed E-state index contributed by atoms with van der Waals surface area (Å²) in [6, 6.07) is 8.27. The summed E-state index contributed by atoms with van der Waals surface area (Å²) in [5.41, 5.74) is 1.14. The second kappa shape index (κ2) is 10.2. The smallest absolute Gasteiger partial charge is 0.230 e. The molecule has 1 fully saturated rings. The van der Waals surface area contributed by atoms with Crippen LogP contribution in [-0.2, 0) is 4.79 Å². The van der Waals surface area contributed by atoms with Crippen molar-refractivity contribution in [2.45, 2.75) is 51.4 Å². The summed E-state index contributed by atoms with van der Waals surface area (Å²) in [7, 11) is -0.525. The van der Waals surface area contributed by atoms with E-state index in [9.17, 15) is 4.79 Å². The summed E-state index contributed by atoms with van der Waals surface area (Å²) < 4.78 is 5.90. The number of amides is 1. The average Bonchev–Trinajstić information content (AvgIpc) is 2.62. The Bertz CT molecular complexity index is 544. The van der Waals surface area contributed by atoms with Gasteiger partial charge in [0.05, 0.1) is 12.5 Å². The van der Waals surface area contributed by atoms with Crippen LogP contribution in [-0.4, -0.2) is 55.0 Å². The quantitative estimate of drug-likeness (QED) is 0.601. The molecule has 1 atom stereocenters. The molecule has 4 heteroatoms. The van der Waals surface area contributed by atoms with Crippen LogP contribution in [0.4, 0.5) is 0 Å². The summed E-state index contributed by atoms with van der Waals surface area (Å²) in [6.07, 6.45) is 13.6. The number of unbranched alkanes of at least 4 members (excludes halogenated alkanes) is 1. The Kier molecular flexibility index (Phi) is 8.33. The maximum absolute atomic E-state index is 13.1. The minimum absolute atomic E-state index is 0.00104. The zero-order valence-electron chi connectivity index (χ0n) is 17.1. The summed E-state index contributed by atoms with van der Waals surface area (Å²) in [6.45, 7) is 4.82. The van der Waals surface area contributed by atoms with E-state index in [0.29, 0.717) is 5.91 Å². The molecule has 1 aliphatic rings. The molecule has 0 saturated carbocycles. The maximum atomic E-state index is 13.1. The van der Waals surface area contributed by atoms with Crippen LogP contribution in [0.5, 0.6) is 5.75 Å². The summed E-state index contributed by atoms with van der Waals surface area (Å²) in [5, 5.41) is 0. The van der Waals surface area contributed by atoms with Crippen LogP contribution in [0, 0.1) is 0 Å². The van der Waals surface area contributed by atoms with E-state index in [2.05, 4.69) is 42.7 Å². The van der Waals surface area contributed by atoms with Gasteiger partial charge in [-0.1, -0.05) is 31.9 Å². The summed E-state index contributed by atoms with van der Waals surface area (Å²) >= 11 is 0. The fourth-order valence-electron chi connectivity index (χ4n) is 3.38. The van der Waals surface area contributed by atoms with Gasteiger partial charge >= 0.3 is 0 Å². The van der Waals surface area contributed by atoms with Crippen molar-refractivity contribution in [3.63, 3.8) is 0 Å². The van der Waals surface area contributed by atoms with E-state index in [4.69, 9.17) is 4.74 Å². The molecule has 0 spiro atoms. The van der Waals surface area contributed by atoms with Crippen molar-refractivity contribution in [1.82, 2.24) is 4.90 Å². The first-order chi connectivity index (χ1) is 12.4. The van der Waals surface area contributed by atoms with Crippen molar-refractivity contribution in [1.29, 1.82) is 0 Å². The fraction of sp³-hybridized carbons (Fsp3) is 0.682. The zero-order chi connectivity index (χ0) is 19.0. The molecule has 0 radical (unpaired) electrons. The van der Waals surface area contributed by atoms with Crippen LogP contribution in [0.1, 0.15) is 56.9 Å². The van der Waals surface area contributed by atoms with Crippen molar-refractivity contribution in [3.05, 3.63) is 29.8 Å². The third-order valence-corrected chi connectivity index (χ3v) is 6.45. The number of rotatable bonds is 9. The number of nitrogens with zero attached hydrogens (tertiary/aromatic N) is 1. The molecule has 1 aromatic carbocycles. The topological polar surface area (TPSA) is 29.5 Å². The van der Waals surface area contributed by atoms with Crippen molar-refractivity contribution >= 4 is 15.9 Å². The van der Waals surface area contributed by atoms with Crippen LogP contribution in [0.25, 0.3) is 0 Å². The third kappa shape index (κ3) is 6.86. The highest BCUT2D eigenvalue weighted by Crippen LogP contribution is 2.34. The summed E-state index contributed by atoms with van der Waals surface area (Å²) in [4.78, 5) is 15.2. The summed E-state index contributed by atoms with van der Waals surface area (Å²) in [5.74, 6) is 2.35. The molecule has 26 heavy (non-hydrogen) atoms. The monoisotopic (exact) mass is 379 g/mol. The second-order valence-corrected chi connectivity index (χ2v) is 12.9. The Hall–Kier alpha value is -1.16. The van der Waals surface area contributed by atoms with Crippen molar-refractivity contribution < 1.29 is 9.53 Å². The molecule has 3 nitrogen and oxygen atoms in total. The SMILES string of the molecule is CCCCC(C(=O)N1CCCCC1)c1ccc(OCCS(C)(C)C)cc1. The molecular formula is C22H37NO2S. The number of hydrogen-bond acceptors (Lipinski definition) is 2. The zero-order valence-corrected chi connectivity index (χ0v) is 17.9. The molecule has 1 aromatic rings. The lowest BCUT2D eigenvalue weighted by Crippen LogP contribution is -2.38. The molecule has 0 aromatic heterocycles. The van der Waals surface area contributed by atoms with Gasteiger partial charge in [0, 0.05) is 18.8 Å². The molecule has 1 heterocycles. The van der Waals surface area contributed by atoms with Crippen molar-refractivity contribution in [3.8, 4) is 5.75 Å². The second-order valence-electron chi connectivity index (χ2n) is 8.29. The molecule has 148 valence electrons. The van der Waals surface area contributed by atoms with Gasteiger partial charge in [0.25, 0.3) is 0 Å². The van der Waals surface area contributed by atoms with Gasteiger partial charge in [0.1, 0.15) is 5.75 Å². The van der Waals surface area contributed by atoms with E-state index < -0.39 is 10.0 Å². The van der Waals surface area contributed by atoms with Gasteiger partial charge in [0.15, 0.2) is 0 Å². The number of piperidine rings is 1. The van der Waals surface area contributed by atoms with Gasteiger partial charge in [0.2, 0.25) is 5.91 Å². The van der Waals surface area contributed by atoms with Crippen molar-refractivity contribution in [2.75, 3.05) is 44.2 Å². The minimum atomic E-state index is -0.525. The Morgan fingerprint density at radius 2 is 1.77 bits per heavy atom. The van der Waals surface area contributed by atoms with Crippen LogP contribution in [0.15, 0.2) is 24.3 Å². The predicted octanol–water partition coefficient (Wildman–Crippen LogP) is 5.05. The van der Waals surface area contributed by atoms with Crippen molar-refractivity contribution in [2.24, 2.45) is 0 Å². The molecule has 0 N–H and O–H groups in total. The first-order valence-corrected chi connectivity index (χ1v) is 13.1. The van der Waals surface area contributed by atoms with Gasteiger partial charge in [-0.05, 0) is 62.1 Å². The lowest BCUT2D eigenvalue weighted by Gasteiger charge is -2.30. The lowest BCUT2D eigenvalue weighted by molar-refractivity contribution is -0.133. The molecule has 1 amide bonds.